The van der Waals surface area contributed by atoms with Crippen LogP contribution in [0, 0.1) is 11.8 Å². The summed E-state index contributed by atoms with van der Waals surface area (Å²) < 4.78 is 5.45. The van der Waals surface area contributed by atoms with E-state index in [0.29, 0.717) is 17.9 Å². The Morgan fingerprint density at radius 1 is 1.21 bits per heavy atom. The highest BCUT2D eigenvalue weighted by molar-refractivity contribution is 5.00. The van der Waals surface area contributed by atoms with Crippen molar-refractivity contribution in [2.75, 3.05) is 0 Å². The molecule has 0 bridgehead atoms. The zero-order valence-corrected chi connectivity index (χ0v) is 11.8. The van der Waals surface area contributed by atoms with Gasteiger partial charge in [0.25, 0.3) is 0 Å². The van der Waals surface area contributed by atoms with E-state index in [0.717, 1.165) is 30.5 Å². The summed E-state index contributed by atoms with van der Waals surface area (Å²) >= 11 is 0. The second-order valence-corrected chi connectivity index (χ2v) is 6.57. The van der Waals surface area contributed by atoms with Crippen molar-refractivity contribution in [2.45, 2.75) is 70.3 Å². The van der Waals surface area contributed by atoms with Crippen LogP contribution in [0.4, 0.5) is 0 Å². The quantitative estimate of drug-likeness (QED) is 0.910. The summed E-state index contributed by atoms with van der Waals surface area (Å²) in [5, 5.41) is 4.20. The van der Waals surface area contributed by atoms with Crippen LogP contribution in [0.1, 0.15) is 69.5 Å². The number of nitrogens with zero attached hydrogens (tertiary/aromatic N) is 2. The molecule has 4 nitrogen and oxygen atoms in total. The fraction of sp³-hybridized carbons (Fsp3) is 0.867. The highest BCUT2D eigenvalue weighted by atomic mass is 16.5. The number of hydrogen-bond donors (Lipinski definition) is 1. The van der Waals surface area contributed by atoms with Gasteiger partial charge in [-0.3, -0.25) is 0 Å². The Hall–Kier alpha value is -0.900. The van der Waals surface area contributed by atoms with Gasteiger partial charge in [0.05, 0.1) is 0 Å². The third-order valence-corrected chi connectivity index (χ3v) is 4.95. The van der Waals surface area contributed by atoms with Gasteiger partial charge in [-0.25, -0.2) is 0 Å². The molecule has 2 aliphatic carbocycles. The molecule has 4 unspecified atom stereocenters. The molecule has 0 spiro atoms. The minimum absolute atomic E-state index is 0.315. The molecule has 4 heteroatoms. The molecule has 2 aliphatic rings. The molecule has 1 heterocycles. The molecular formula is C15H25N3O. The summed E-state index contributed by atoms with van der Waals surface area (Å²) in [5.41, 5.74) is 6.18. The second kappa shape index (κ2) is 5.61. The van der Waals surface area contributed by atoms with Crippen molar-refractivity contribution < 1.29 is 4.52 Å². The summed E-state index contributed by atoms with van der Waals surface area (Å²) in [6.07, 6.45) is 9.50. The Balaban J connectivity index is 1.61. The lowest BCUT2D eigenvalue weighted by Crippen LogP contribution is -2.34. The minimum atomic E-state index is 0.315. The minimum Gasteiger partial charge on any atom is -0.339 e. The highest BCUT2D eigenvalue weighted by Crippen LogP contribution is 2.36. The number of nitrogens with two attached hydrogens (primary N) is 1. The lowest BCUT2D eigenvalue weighted by Gasteiger charge is -2.27. The highest BCUT2D eigenvalue weighted by Gasteiger charge is 2.28. The van der Waals surface area contributed by atoms with E-state index in [2.05, 4.69) is 17.1 Å². The number of aromatic nitrogens is 2. The normalized spacial score (nSPS) is 35.7. The molecule has 2 N–H and O–H groups in total. The van der Waals surface area contributed by atoms with E-state index in [9.17, 15) is 0 Å². The van der Waals surface area contributed by atoms with Gasteiger partial charge >= 0.3 is 0 Å². The van der Waals surface area contributed by atoms with Crippen LogP contribution in [0.25, 0.3) is 0 Å². The summed E-state index contributed by atoms with van der Waals surface area (Å²) in [6.45, 7) is 2.31. The predicted octanol–water partition coefficient (Wildman–Crippen LogP) is 3.03. The van der Waals surface area contributed by atoms with Crippen molar-refractivity contribution in [3.05, 3.63) is 11.7 Å². The van der Waals surface area contributed by atoms with Crippen LogP contribution >= 0.6 is 0 Å². The monoisotopic (exact) mass is 263 g/mol. The molecule has 2 fully saturated rings. The molecule has 3 rings (SSSR count). The molecule has 1 aromatic rings. The first kappa shape index (κ1) is 13.1. The fourth-order valence-corrected chi connectivity index (χ4v) is 3.67. The van der Waals surface area contributed by atoms with Gasteiger partial charge in [0.15, 0.2) is 5.82 Å². The van der Waals surface area contributed by atoms with Crippen LogP contribution in [0.2, 0.25) is 0 Å². The van der Waals surface area contributed by atoms with Crippen LogP contribution < -0.4 is 5.73 Å². The Bertz CT molecular complexity index is 417. The third-order valence-electron chi connectivity index (χ3n) is 4.95. The van der Waals surface area contributed by atoms with Gasteiger partial charge in [-0.15, -0.1) is 0 Å². The van der Waals surface area contributed by atoms with Gasteiger partial charge in [0, 0.05) is 18.4 Å². The van der Waals surface area contributed by atoms with Gasteiger partial charge < -0.3 is 10.3 Å². The van der Waals surface area contributed by atoms with Crippen LogP contribution in [0.15, 0.2) is 4.52 Å². The molecule has 0 saturated heterocycles. The van der Waals surface area contributed by atoms with Gasteiger partial charge in [0.2, 0.25) is 5.89 Å². The summed E-state index contributed by atoms with van der Waals surface area (Å²) in [5.74, 6) is 3.59. The summed E-state index contributed by atoms with van der Waals surface area (Å²) in [7, 11) is 0. The lowest BCUT2D eigenvalue weighted by molar-refractivity contribution is 0.272. The maximum absolute atomic E-state index is 6.18. The van der Waals surface area contributed by atoms with Gasteiger partial charge in [-0.2, -0.15) is 4.98 Å². The van der Waals surface area contributed by atoms with Crippen molar-refractivity contribution >= 4 is 0 Å². The smallest absolute Gasteiger partial charge is 0.226 e. The fourth-order valence-electron chi connectivity index (χ4n) is 3.67. The molecular weight excluding hydrogens is 238 g/mol. The molecule has 0 amide bonds. The van der Waals surface area contributed by atoms with Crippen molar-refractivity contribution in [3.63, 3.8) is 0 Å². The molecule has 4 atom stereocenters. The number of rotatable bonds is 3. The number of hydrogen-bond acceptors (Lipinski definition) is 4. The van der Waals surface area contributed by atoms with Crippen molar-refractivity contribution in [3.8, 4) is 0 Å². The average Bonchev–Trinajstić information content (AvgIpc) is 3.01. The van der Waals surface area contributed by atoms with Crippen LogP contribution in [-0.2, 0) is 6.42 Å². The molecule has 0 aliphatic heterocycles. The standard InChI is InChI=1S/C15H25N3O/c1-10-6-7-12(8-10)15-17-14(19-18-15)9-11-4-2-3-5-13(11)16/h10-13H,2-9,16H2,1H3. The van der Waals surface area contributed by atoms with E-state index < -0.39 is 0 Å². The molecule has 106 valence electrons. The van der Waals surface area contributed by atoms with Gasteiger partial charge in [0.1, 0.15) is 0 Å². The Morgan fingerprint density at radius 2 is 2.05 bits per heavy atom. The molecule has 19 heavy (non-hydrogen) atoms. The topological polar surface area (TPSA) is 64.9 Å². The van der Waals surface area contributed by atoms with Crippen molar-refractivity contribution in [1.29, 1.82) is 0 Å². The Morgan fingerprint density at radius 3 is 2.79 bits per heavy atom. The van der Waals surface area contributed by atoms with Gasteiger partial charge in [-0.05, 0) is 43.9 Å². The molecule has 0 aromatic carbocycles. The zero-order chi connectivity index (χ0) is 13.2. The van der Waals surface area contributed by atoms with Crippen LogP contribution in [0.3, 0.4) is 0 Å². The first-order valence-electron chi connectivity index (χ1n) is 7.80. The summed E-state index contributed by atoms with van der Waals surface area (Å²) in [4.78, 5) is 4.62. The Kier molecular flexibility index (Phi) is 3.87. The molecule has 1 aromatic heterocycles. The van der Waals surface area contributed by atoms with Crippen LogP contribution in [0.5, 0.6) is 0 Å². The first-order valence-corrected chi connectivity index (χ1v) is 7.80. The van der Waals surface area contributed by atoms with Crippen molar-refractivity contribution in [1.82, 2.24) is 10.1 Å². The van der Waals surface area contributed by atoms with E-state index in [1.807, 2.05) is 0 Å². The third kappa shape index (κ3) is 2.99. The maximum atomic E-state index is 6.18. The largest absolute Gasteiger partial charge is 0.339 e. The van der Waals surface area contributed by atoms with E-state index >= 15 is 0 Å². The molecule has 2 saturated carbocycles. The predicted molar refractivity (Wildman–Crippen MR) is 73.7 cm³/mol. The van der Waals surface area contributed by atoms with E-state index in [1.54, 1.807) is 0 Å². The van der Waals surface area contributed by atoms with E-state index in [-0.39, 0.29) is 0 Å². The average molecular weight is 263 g/mol. The first-order chi connectivity index (χ1) is 9.22. The maximum Gasteiger partial charge on any atom is 0.226 e. The zero-order valence-electron chi connectivity index (χ0n) is 11.8. The molecule has 0 radical (unpaired) electrons. The second-order valence-electron chi connectivity index (χ2n) is 6.57. The van der Waals surface area contributed by atoms with Crippen LogP contribution in [-0.4, -0.2) is 16.2 Å². The Labute approximate surface area is 115 Å². The van der Waals surface area contributed by atoms with E-state index in [4.69, 9.17) is 10.3 Å². The van der Waals surface area contributed by atoms with Gasteiger partial charge in [-0.1, -0.05) is 24.9 Å². The lowest BCUT2D eigenvalue weighted by atomic mass is 9.83. The SMILES string of the molecule is CC1CCC(c2noc(CC3CCCCC3N)n2)C1. The van der Waals surface area contributed by atoms with Crippen molar-refractivity contribution in [2.24, 2.45) is 17.6 Å². The van der Waals surface area contributed by atoms with E-state index in [1.165, 1.54) is 38.5 Å². The summed E-state index contributed by atoms with van der Waals surface area (Å²) in [6, 6.07) is 0.315.